The number of Topliss-reactive ketones (excluding diaryl/α,β-unsaturated/α-hetero) is 1. The minimum absolute atomic E-state index is 0.0206. The smallest absolute Gasteiger partial charge is 0.167 e. The predicted molar refractivity (Wildman–Crippen MR) is 91.3 cm³/mol. The van der Waals surface area contributed by atoms with E-state index in [1.54, 1.807) is 6.07 Å². The van der Waals surface area contributed by atoms with Crippen LogP contribution in [0.15, 0.2) is 6.07 Å². The molecule has 0 saturated heterocycles. The van der Waals surface area contributed by atoms with Crippen LogP contribution >= 0.6 is 0 Å². The molecule has 0 radical (unpaired) electrons. The van der Waals surface area contributed by atoms with E-state index < -0.39 is 0 Å². The van der Waals surface area contributed by atoms with Crippen molar-refractivity contribution in [1.82, 2.24) is 0 Å². The van der Waals surface area contributed by atoms with Crippen molar-refractivity contribution >= 4 is 5.78 Å². The van der Waals surface area contributed by atoms with Crippen molar-refractivity contribution in [1.29, 1.82) is 0 Å². The van der Waals surface area contributed by atoms with Gasteiger partial charge in [-0.15, -0.1) is 0 Å². The Morgan fingerprint density at radius 3 is 2.43 bits per heavy atom. The summed E-state index contributed by atoms with van der Waals surface area (Å²) in [6.45, 7) is 10.5. The van der Waals surface area contributed by atoms with E-state index in [9.17, 15) is 15.0 Å². The summed E-state index contributed by atoms with van der Waals surface area (Å²) in [5.41, 5.74) is 1.55. The second kappa shape index (κ2) is 4.99. The molecule has 1 aromatic carbocycles. The number of hydrogen-bond acceptors (Lipinski definition) is 3. The fourth-order valence-electron chi connectivity index (χ4n) is 5.18. The van der Waals surface area contributed by atoms with Gasteiger partial charge in [0.2, 0.25) is 0 Å². The third kappa shape index (κ3) is 2.20. The summed E-state index contributed by atoms with van der Waals surface area (Å²) in [6.07, 6.45) is 3.60. The molecule has 2 atom stereocenters. The zero-order chi connectivity index (χ0) is 17.2. The number of aromatic hydroxyl groups is 2. The maximum atomic E-state index is 12.8. The standard InChI is InChI=1S/C20H28O3/c1-11(2)12-9-14(22)17-16(18(12)23)13(21)10-15-19(3,4)7-6-8-20(15,17)5/h9,11,15,22-23H,6-8,10H2,1-5H3. The van der Waals surface area contributed by atoms with Crippen LogP contribution in [0.4, 0.5) is 0 Å². The average molecular weight is 316 g/mol. The van der Waals surface area contributed by atoms with Gasteiger partial charge in [0, 0.05) is 23.0 Å². The fraction of sp³-hybridized carbons (Fsp3) is 0.650. The number of hydrogen-bond donors (Lipinski definition) is 2. The van der Waals surface area contributed by atoms with Gasteiger partial charge in [0.05, 0.1) is 5.56 Å². The Hall–Kier alpha value is -1.51. The Kier molecular flexibility index (Phi) is 3.55. The summed E-state index contributed by atoms with van der Waals surface area (Å²) in [5, 5.41) is 21.4. The molecule has 1 saturated carbocycles. The first-order valence-electron chi connectivity index (χ1n) is 8.72. The highest BCUT2D eigenvalue weighted by Gasteiger charge is 2.53. The van der Waals surface area contributed by atoms with Crippen molar-refractivity contribution in [2.45, 2.75) is 71.6 Å². The van der Waals surface area contributed by atoms with Crippen molar-refractivity contribution in [3.05, 3.63) is 22.8 Å². The van der Waals surface area contributed by atoms with Crippen LogP contribution in [0.3, 0.4) is 0 Å². The Labute approximate surface area is 138 Å². The van der Waals surface area contributed by atoms with Crippen LogP contribution in [0.2, 0.25) is 0 Å². The largest absolute Gasteiger partial charge is 0.508 e. The van der Waals surface area contributed by atoms with E-state index in [0.29, 0.717) is 23.1 Å². The molecule has 23 heavy (non-hydrogen) atoms. The summed E-state index contributed by atoms with van der Waals surface area (Å²) in [7, 11) is 0. The second-order valence-corrected chi connectivity index (χ2v) is 8.68. The number of rotatable bonds is 1. The van der Waals surface area contributed by atoms with Gasteiger partial charge < -0.3 is 10.2 Å². The van der Waals surface area contributed by atoms with E-state index in [0.717, 1.165) is 19.3 Å². The topological polar surface area (TPSA) is 57.5 Å². The molecule has 0 amide bonds. The third-order valence-corrected chi connectivity index (χ3v) is 6.40. The van der Waals surface area contributed by atoms with Gasteiger partial charge in [-0.3, -0.25) is 4.79 Å². The van der Waals surface area contributed by atoms with Crippen LogP contribution in [0.5, 0.6) is 11.5 Å². The second-order valence-electron chi connectivity index (χ2n) is 8.68. The van der Waals surface area contributed by atoms with Gasteiger partial charge in [0.1, 0.15) is 11.5 Å². The molecular formula is C20H28O3. The van der Waals surface area contributed by atoms with E-state index in [4.69, 9.17) is 0 Å². The molecule has 3 nitrogen and oxygen atoms in total. The molecule has 0 heterocycles. The number of phenolic OH excluding ortho intramolecular Hbond substituents is 2. The molecular weight excluding hydrogens is 288 g/mol. The van der Waals surface area contributed by atoms with Gasteiger partial charge in [-0.05, 0) is 36.2 Å². The van der Waals surface area contributed by atoms with E-state index in [1.807, 2.05) is 13.8 Å². The maximum absolute atomic E-state index is 12.8. The molecule has 0 bridgehead atoms. The molecule has 0 spiro atoms. The Balaban J connectivity index is 2.29. The Bertz CT molecular complexity index is 672. The SMILES string of the molecule is CC(C)c1cc(O)c2c(c1O)C(=O)CC1C(C)(C)CCCC21C. The zero-order valence-electron chi connectivity index (χ0n) is 14.9. The molecule has 2 aliphatic rings. The number of carbonyl (C=O) groups is 1. The van der Waals surface area contributed by atoms with E-state index in [2.05, 4.69) is 20.8 Å². The van der Waals surface area contributed by atoms with Crippen LogP contribution in [-0.4, -0.2) is 16.0 Å². The first-order chi connectivity index (χ1) is 10.6. The first-order valence-corrected chi connectivity index (χ1v) is 8.72. The predicted octanol–water partition coefficient (Wildman–Crippen LogP) is 4.89. The van der Waals surface area contributed by atoms with Gasteiger partial charge in [0.25, 0.3) is 0 Å². The van der Waals surface area contributed by atoms with Gasteiger partial charge in [-0.2, -0.15) is 0 Å². The first kappa shape index (κ1) is 16.4. The molecule has 2 aliphatic carbocycles. The molecule has 1 aromatic rings. The molecule has 0 aliphatic heterocycles. The average Bonchev–Trinajstić information content (AvgIpc) is 2.43. The number of phenols is 2. The number of carbonyl (C=O) groups excluding carboxylic acids is 1. The highest BCUT2D eigenvalue weighted by Crippen LogP contribution is 2.60. The van der Waals surface area contributed by atoms with Crippen LogP contribution < -0.4 is 0 Å². The van der Waals surface area contributed by atoms with Gasteiger partial charge in [0.15, 0.2) is 5.78 Å². The summed E-state index contributed by atoms with van der Waals surface area (Å²) in [5.74, 6) is 0.514. The molecule has 1 fully saturated rings. The summed E-state index contributed by atoms with van der Waals surface area (Å²) >= 11 is 0. The van der Waals surface area contributed by atoms with Gasteiger partial charge in [-0.1, -0.05) is 41.0 Å². The lowest BCUT2D eigenvalue weighted by atomic mass is 9.50. The molecule has 3 rings (SSSR count). The van der Waals surface area contributed by atoms with Gasteiger partial charge in [-0.25, -0.2) is 0 Å². The van der Waals surface area contributed by atoms with Crippen LogP contribution in [-0.2, 0) is 5.41 Å². The number of ketones is 1. The monoisotopic (exact) mass is 316 g/mol. The van der Waals surface area contributed by atoms with Crippen molar-refractivity contribution in [2.75, 3.05) is 0 Å². The highest BCUT2D eigenvalue weighted by atomic mass is 16.3. The van der Waals surface area contributed by atoms with Crippen LogP contribution in [0, 0.1) is 11.3 Å². The van der Waals surface area contributed by atoms with E-state index in [-0.39, 0.29) is 39.9 Å². The lowest BCUT2D eigenvalue weighted by Crippen LogP contribution is -2.49. The lowest BCUT2D eigenvalue weighted by Gasteiger charge is -2.54. The molecule has 2 unspecified atom stereocenters. The maximum Gasteiger partial charge on any atom is 0.167 e. The van der Waals surface area contributed by atoms with Crippen LogP contribution in [0.1, 0.15) is 87.7 Å². The molecule has 126 valence electrons. The number of fused-ring (bicyclic) bond motifs is 3. The van der Waals surface area contributed by atoms with E-state index >= 15 is 0 Å². The van der Waals surface area contributed by atoms with Crippen molar-refractivity contribution in [2.24, 2.45) is 11.3 Å². The van der Waals surface area contributed by atoms with Crippen molar-refractivity contribution < 1.29 is 15.0 Å². The Morgan fingerprint density at radius 2 is 1.83 bits per heavy atom. The highest BCUT2D eigenvalue weighted by molar-refractivity contribution is 6.03. The lowest BCUT2D eigenvalue weighted by molar-refractivity contribution is 0.0352. The molecule has 0 aromatic heterocycles. The normalized spacial score (nSPS) is 29.3. The Morgan fingerprint density at radius 1 is 1.17 bits per heavy atom. The zero-order valence-corrected chi connectivity index (χ0v) is 14.9. The quantitative estimate of drug-likeness (QED) is 0.725. The fourth-order valence-corrected chi connectivity index (χ4v) is 5.18. The van der Waals surface area contributed by atoms with Crippen molar-refractivity contribution in [3.63, 3.8) is 0 Å². The number of benzene rings is 1. The van der Waals surface area contributed by atoms with Crippen molar-refractivity contribution in [3.8, 4) is 11.5 Å². The third-order valence-electron chi connectivity index (χ3n) is 6.40. The minimum Gasteiger partial charge on any atom is -0.508 e. The summed E-state index contributed by atoms with van der Waals surface area (Å²) in [4.78, 5) is 12.8. The molecule has 3 heteroatoms. The summed E-state index contributed by atoms with van der Waals surface area (Å²) < 4.78 is 0. The minimum atomic E-state index is -0.248. The summed E-state index contributed by atoms with van der Waals surface area (Å²) in [6, 6.07) is 1.67. The van der Waals surface area contributed by atoms with Gasteiger partial charge >= 0.3 is 0 Å². The van der Waals surface area contributed by atoms with E-state index in [1.165, 1.54) is 0 Å². The van der Waals surface area contributed by atoms with Crippen LogP contribution in [0.25, 0.3) is 0 Å². The molecule has 2 N–H and O–H groups in total.